The van der Waals surface area contributed by atoms with Gasteiger partial charge in [0.2, 0.25) is 0 Å². The lowest BCUT2D eigenvalue weighted by atomic mass is 9.98. The van der Waals surface area contributed by atoms with Gasteiger partial charge in [-0.05, 0) is 44.5 Å². The summed E-state index contributed by atoms with van der Waals surface area (Å²) in [6.07, 6.45) is -1.31. The number of ether oxygens (including phenoxy) is 2. The second kappa shape index (κ2) is 10.9. The van der Waals surface area contributed by atoms with E-state index < -0.39 is 30.2 Å². The normalized spacial score (nSPS) is 18.4. The van der Waals surface area contributed by atoms with Crippen molar-refractivity contribution in [2.75, 3.05) is 19.8 Å². The first-order chi connectivity index (χ1) is 21.0. The molecule has 0 saturated carbocycles. The molecular formula is C35H30N2O6. The molecule has 8 nitrogen and oxygen atoms in total. The third kappa shape index (κ3) is 4.78. The number of rotatable bonds is 6. The molecule has 8 heteroatoms. The van der Waals surface area contributed by atoms with Crippen molar-refractivity contribution >= 4 is 18.2 Å². The lowest BCUT2D eigenvalue weighted by Gasteiger charge is -2.22. The number of carbonyl (C=O) groups is 3. The molecule has 2 unspecified atom stereocenters. The number of carboxylic acid groups (broad SMARTS) is 1. The molecule has 2 amide bonds. The zero-order valence-electron chi connectivity index (χ0n) is 23.3. The van der Waals surface area contributed by atoms with Crippen LogP contribution in [0.25, 0.3) is 22.3 Å². The molecule has 216 valence electrons. The summed E-state index contributed by atoms with van der Waals surface area (Å²) in [7, 11) is 0. The second-order valence-corrected chi connectivity index (χ2v) is 11.2. The van der Waals surface area contributed by atoms with Crippen LogP contribution in [0, 0.1) is 0 Å². The van der Waals surface area contributed by atoms with Crippen molar-refractivity contribution in [3.8, 4) is 22.3 Å². The molecule has 4 aromatic rings. The van der Waals surface area contributed by atoms with Crippen LogP contribution in [-0.4, -0.2) is 60.0 Å². The Labute approximate surface area is 248 Å². The standard InChI is InChI=1S/C35H30N2O6/c38-33(39)32-17-21(36-34(40)42-19-30-26-13-5-1-9-22(26)23-10-2-6-14-27(23)30)18-37(32)35(41)43-20-31-28-15-7-3-11-24(28)25-12-4-8-16-29(25)31/h1-16,21,30-32H,17-20H2,(H,36,40)(H,38,39). The number of nitrogens with one attached hydrogen (secondary N) is 1. The van der Waals surface area contributed by atoms with Crippen molar-refractivity contribution < 1.29 is 29.0 Å². The summed E-state index contributed by atoms with van der Waals surface area (Å²) < 4.78 is 11.4. The summed E-state index contributed by atoms with van der Waals surface area (Å²) in [6, 6.07) is 30.5. The van der Waals surface area contributed by atoms with Crippen LogP contribution in [0.5, 0.6) is 0 Å². The van der Waals surface area contributed by atoms with Gasteiger partial charge < -0.3 is 19.9 Å². The van der Waals surface area contributed by atoms with E-state index in [9.17, 15) is 19.5 Å². The van der Waals surface area contributed by atoms with E-state index in [1.54, 1.807) is 0 Å². The molecule has 2 N–H and O–H groups in total. The molecule has 2 atom stereocenters. The van der Waals surface area contributed by atoms with Crippen molar-refractivity contribution in [2.45, 2.75) is 30.3 Å². The summed E-state index contributed by atoms with van der Waals surface area (Å²) in [5.41, 5.74) is 8.82. The lowest BCUT2D eigenvalue weighted by Crippen LogP contribution is -2.42. The molecule has 0 radical (unpaired) electrons. The maximum atomic E-state index is 13.2. The molecule has 1 saturated heterocycles. The number of alkyl carbamates (subject to hydrolysis) is 1. The predicted octanol–water partition coefficient (Wildman–Crippen LogP) is 6.00. The molecule has 4 aromatic carbocycles. The van der Waals surface area contributed by atoms with Crippen molar-refractivity contribution in [2.24, 2.45) is 0 Å². The van der Waals surface area contributed by atoms with Gasteiger partial charge in [0.1, 0.15) is 19.3 Å². The molecule has 1 fully saturated rings. The molecule has 43 heavy (non-hydrogen) atoms. The van der Waals surface area contributed by atoms with E-state index in [1.807, 2.05) is 72.8 Å². The fourth-order valence-corrected chi connectivity index (χ4v) is 6.86. The molecule has 3 aliphatic rings. The van der Waals surface area contributed by atoms with E-state index in [0.717, 1.165) is 44.5 Å². The fourth-order valence-electron chi connectivity index (χ4n) is 6.86. The number of fused-ring (bicyclic) bond motifs is 6. The molecule has 0 spiro atoms. The van der Waals surface area contributed by atoms with Gasteiger partial charge in [0.05, 0.1) is 6.04 Å². The highest BCUT2D eigenvalue weighted by Crippen LogP contribution is 2.45. The monoisotopic (exact) mass is 574 g/mol. The minimum absolute atomic E-state index is 0.0117. The van der Waals surface area contributed by atoms with Crippen LogP contribution >= 0.6 is 0 Å². The Morgan fingerprint density at radius 1 is 0.674 bits per heavy atom. The number of amides is 2. The van der Waals surface area contributed by atoms with Gasteiger partial charge in [-0.1, -0.05) is 97.1 Å². The van der Waals surface area contributed by atoms with Crippen LogP contribution in [0.1, 0.15) is 40.5 Å². The summed E-state index contributed by atoms with van der Waals surface area (Å²) in [4.78, 5) is 39.3. The van der Waals surface area contributed by atoms with Crippen LogP contribution in [0.3, 0.4) is 0 Å². The average molecular weight is 575 g/mol. The van der Waals surface area contributed by atoms with Gasteiger partial charge in [-0.25, -0.2) is 14.4 Å². The Balaban J connectivity index is 0.985. The fraction of sp³-hybridized carbons (Fsp3) is 0.229. The van der Waals surface area contributed by atoms with Crippen molar-refractivity contribution in [1.29, 1.82) is 0 Å². The van der Waals surface area contributed by atoms with Crippen LogP contribution in [0.2, 0.25) is 0 Å². The third-order valence-corrected chi connectivity index (χ3v) is 8.82. The number of hydrogen-bond donors (Lipinski definition) is 2. The van der Waals surface area contributed by atoms with Crippen LogP contribution in [-0.2, 0) is 14.3 Å². The van der Waals surface area contributed by atoms with E-state index in [0.29, 0.717) is 0 Å². The number of benzene rings is 4. The van der Waals surface area contributed by atoms with E-state index in [4.69, 9.17) is 9.47 Å². The van der Waals surface area contributed by atoms with Gasteiger partial charge >= 0.3 is 18.2 Å². The van der Waals surface area contributed by atoms with Gasteiger partial charge in [0.25, 0.3) is 0 Å². The first kappa shape index (κ1) is 26.8. The number of nitrogens with zero attached hydrogens (tertiary/aromatic N) is 1. The number of aliphatic carboxylic acids is 1. The number of carboxylic acids is 1. The zero-order valence-corrected chi connectivity index (χ0v) is 23.3. The average Bonchev–Trinajstić information content (AvgIpc) is 3.69. The Bertz CT molecular complexity index is 1640. The maximum Gasteiger partial charge on any atom is 0.410 e. The summed E-state index contributed by atoms with van der Waals surface area (Å²) in [5, 5.41) is 12.6. The number of carbonyl (C=O) groups excluding carboxylic acids is 2. The first-order valence-electron chi connectivity index (χ1n) is 14.5. The Hall–Kier alpha value is -5.11. The van der Waals surface area contributed by atoms with Gasteiger partial charge in [-0.15, -0.1) is 0 Å². The van der Waals surface area contributed by atoms with Crippen LogP contribution in [0.4, 0.5) is 9.59 Å². The molecule has 7 rings (SSSR count). The molecule has 2 aliphatic carbocycles. The van der Waals surface area contributed by atoms with Crippen LogP contribution in [0.15, 0.2) is 97.1 Å². The van der Waals surface area contributed by atoms with E-state index >= 15 is 0 Å². The smallest absolute Gasteiger partial charge is 0.410 e. The van der Waals surface area contributed by atoms with E-state index in [-0.39, 0.29) is 38.0 Å². The molecular weight excluding hydrogens is 544 g/mol. The largest absolute Gasteiger partial charge is 0.480 e. The zero-order chi connectivity index (χ0) is 29.5. The highest BCUT2D eigenvalue weighted by molar-refractivity contribution is 5.82. The Kier molecular flexibility index (Phi) is 6.81. The van der Waals surface area contributed by atoms with E-state index in [2.05, 4.69) is 29.6 Å². The summed E-state index contributed by atoms with van der Waals surface area (Å²) >= 11 is 0. The lowest BCUT2D eigenvalue weighted by molar-refractivity contribution is -0.141. The van der Waals surface area contributed by atoms with Crippen LogP contribution < -0.4 is 5.32 Å². The number of hydrogen-bond acceptors (Lipinski definition) is 5. The van der Waals surface area contributed by atoms with Crippen molar-refractivity contribution in [3.63, 3.8) is 0 Å². The topological polar surface area (TPSA) is 105 Å². The van der Waals surface area contributed by atoms with Gasteiger partial charge in [0.15, 0.2) is 0 Å². The Morgan fingerprint density at radius 2 is 1.09 bits per heavy atom. The minimum Gasteiger partial charge on any atom is -0.480 e. The quantitative estimate of drug-likeness (QED) is 0.293. The number of likely N-dealkylation sites (tertiary alicyclic amines) is 1. The predicted molar refractivity (Wildman–Crippen MR) is 160 cm³/mol. The minimum atomic E-state index is -1.15. The third-order valence-electron chi connectivity index (χ3n) is 8.82. The highest BCUT2D eigenvalue weighted by Gasteiger charge is 2.42. The second-order valence-electron chi connectivity index (χ2n) is 11.2. The van der Waals surface area contributed by atoms with Gasteiger partial charge in [0, 0.05) is 24.8 Å². The van der Waals surface area contributed by atoms with Crippen molar-refractivity contribution in [1.82, 2.24) is 10.2 Å². The molecule has 0 aromatic heterocycles. The molecule has 0 bridgehead atoms. The Morgan fingerprint density at radius 3 is 1.53 bits per heavy atom. The first-order valence-corrected chi connectivity index (χ1v) is 14.5. The van der Waals surface area contributed by atoms with Gasteiger partial charge in [-0.2, -0.15) is 0 Å². The van der Waals surface area contributed by atoms with Gasteiger partial charge in [-0.3, -0.25) is 4.90 Å². The highest BCUT2D eigenvalue weighted by atomic mass is 16.6. The molecule has 1 heterocycles. The SMILES string of the molecule is O=C(NC1CC(C(=O)O)N(C(=O)OCC2c3ccccc3-c3ccccc32)C1)OCC1c2ccccc2-c2ccccc21. The summed E-state index contributed by atoms with van der Waals surface area (Å²) in [6.45, 7) is 0.239. The van der Waals surface area contributed by atoms with Crippen molar-refractivity contribution in [3.05, 3.63) is 119 Å². The van der Waals surface area contributed by atoms with E-state index in [1.165, 1.54) is 4.90 Å². The maximum absolute atomic E-state index is 13.2. The molecule has 1 aliphatic heterocycles. The summed E-state index contributed by atoms with van der Waals surface area (Å²) in [5.74, 6) is -1.38.